The summed E-state index contributed by atoms with van der Waals surface area (Å²) in [5.41, 5.74) is 0.654. The van der Waals surface area contributed by atoms with E-state index in [1.165, 1.54) is 30.3 Å². The first-order valence-electron chi connectivity index (χ1n) is 7.72. The van der Waals surface area contributed by atoms with Crippen LogP contribution in [0.3, 0.4) is 0 Å². The molecule has 2 aromatic rings. The van der Waals surface area contributed by atoms with Gasteiger partial charge in [-0.05, 0) is 49.2 Å². The van der Waals surface area contributed by atoms with Crippen molar-refractivity contribution in [3.8, 4) is 11.5 Å². The van der Waals surface area contributed by atoms with E-state index in [2.05, 4.69) is 0 Å². The highest BCUT2D eigenvalue weighted by molar-refractivity contribution is 5.85. The second kappa shape index (κ2) is 8.27. The predicted molar refractivity (Wildman–Crippen MR) is 91.2 cm³/mol. The van der Waals surface area contributed by atoms with Crippen LogP contribution < -0.4 is 4.74 Å². The van der Waals surface area contributed by atoms with E-state index in [-0.39, 0.29) is 23.9 Å². The van der Waals surface area contributed by atoms with Gasteiger partial charge in [0, 0.05) is 6.54 Å². The Hall–Kier alpha value is -2.18. The molecule has 1 atom stereocenters. The highest BCUT2D eigenvalue weighted by Gasteiger charge is 2.30. The summed E-state index contributed by atoms with van der Waals surface area (Å²) < 4.78 is 33.0. The smallest absolute Gasteiger partial charge is 0.320 e. The van der Waals surface area contributed by atoms with Crippen LogP contribution in [0.5, 0.6) is 11.5 Å². The molecule has 0 aromatic heterocycles. The summed E-state index contributed by atoms with van der Waals surface area (Å²) in [5, 5.41) is 9.18. The molecule has 7 heteroatoms. The number of hydrogen-bond donors (Lipinski definition) is 1. The van der Waals surface area contributed by atoms with E-state index in [9.17, 15) is 18.7 Å². The molecule has 0 bridgehead atoms. The fourth-order valence-corrected chi connectivity index (χ4v) is 2.90. The van der Waals surface area contributed by atoms with E-state index < -0.39 is 23.6 Å². The minimum atomic E-state index is -0.854. The summed E-state index contributed by atoms with van der Waals surface area (Å²) in [5.74, 6) is -2.15. The van der Waals surface area contributed by atoms with E-state index in [0.29, 0.717) is 25.1 Å². The zero-order chi connectivity index (χ0) is 17.1. The van der Waals surface area contributed by atoms with Crippen molar-refractivity contribution >= 4 is 18.4 Å². The molecular formula is C18H18ClF2NO3. The molecule has 1 aliphatic heterocycles. The van der Waals surface area contributed by atoms with Gasteiger partial charge in [0.15, 0.2) is 23.1 Å². The van der Waals surface area contributed by atoms with Gasteiger partial charge in [-0.3, -0.25) is 9.69 Å². The molecule has 1 heterocycles. The fraction of sp³-hybridized carbons (Fsp3) is 0.278. The Balaban J connectivity index is 0.00000225. The largest absolute Gasteiger partial charge is 0.480 e. The first-order chi connectivity index (χ1) is 11.5. The maximum absolute atomic E-state index is 14.2. The molecule has 1 saturated heterocycles. The average molecular weight is 370 g/mol. The average Bonchev–Trinajstić information content (AvgIpc) is 3.00. The second-order valence-corrected chi connectivity index (χ2v) is 5.76. The number of carbonyl (C=O) groups is 1. The van der Waals surface area contributed by atoms with Gasteiger partial charge in [0.25, 0.3) is 0 Å². The molecule has 1 aliphatic rings. The van der Waals surface area contributed by atoms with Gasteiger partial charge in [-0.1, -0.05) is 18.2 Å². The predicted octanol–water partition coefficient (Wildman–Crippen LogP) is 4.23. The van der Waals surface area contributed by atoms with Crippen molar-refractivity contribution in [2.45, 2.75) is 25.4 Å². The van der Waals surface area contributed by atoms with Crippen LogP contribution in [-0.4, -0.2) is 28.6 Å². The van der Waals surface area contributed by atoms with E-state index >= 15 is 0 Å². The Morgan fingerprint density at radius 1 is 1.16 bits per heavy atom. The first kappa shape index (κ1) is 19.1. The Morgan fingerprint density at radius 2 is 1.88 bits per heavy atom. The van der Waals surface area contributed by atoms with E-state index in [4.69, 9.17) is 4.74 Å². The van der Waals surface area contributed by atoms with Gasteiger partial charge in [-0.15, -0.1) is 12.4 Å². The molecule has 0 aliphatic carbocycles. The molecule has 25 heavy (non-hydrogen) atoms. The molecule has 0 radical (unpaired) electrons. The number of benzene rings is 2. The third-order valence-electron chi connectivity index (χ3n) is 4.09. The minimum Gasteiger partial charge on any atom is -0.480 e. The maximum atomic E-state index is 14.2. The number of aliphatic carboxylic acids is 1. The third kappa shape index (κ3) is 4.46. The maximum Gasteiger partial charge on any atom is 0.320 e. The van der Waals surface area contributed by atoms with Gasteiger partial charge in [-0.2, -0.15) is 0 Å². The molecule has 0 unspecified atom stereocenters. The molecular weight excluding hydrogens is 352 g/mol. The number of carboxylic acid groups (broad SMARTS) is 1. The van der Waals surface area contributed by atoms with Gasteiger partial charge >= 0.3 is 5.97 Å². The van der Waals surface area contributed by atoms with Crippen LogP contribution in [0.25, 0.3) is 0 Å². The summed E-state index contributed by atoms with van der Waals surface area (Å²) in [7, 11) is 0. The number of carboxylic acids is 1. The molecule has 2 aromatic carbocycles. The first-order valence-corrected chi connectivity index (χ1v) is 7.72. The van der Waals surface area contributed by atoms with Crippen molar-refractivity contribution in [1.82, 2.24) is 4.90 Å². The summed E-state index contributed by atoms with van der Waals surface area (Å²) in [6, 6.07) is 9.65. The summed E-state index contributed by atoms with van der Waals surface area (Å²) in [6.45, 7) is 1.03. The Kier molecular flexibility index (Phi) is 6.33. The van der Waals surface area contributed by atoms with Crippen LogP contribution in [-0.2, 0) is 11.3 Å². The molecule has 0 spiro atoms. The molecule has 1 fully saturated rings. The van der Waals surface area contributed by atoms with Gasteiger partial charge in [0.2, 0.25) is 0 Å². The van der Waals surface area contributed by atoms with Crippen molar-refractivity contribution in [1.29, 1.82) is 0 Å². The van der Waals surface area contributed by atoms with Gasteiger partial charge in [-0.25, -0.2) is 8.78 Å². The van der Waals surface area contributed by atoms with Crippen LogP contribution in [0.4, 0.5) is 8.78 Å². The quantitative estimate of drug-likeness (QED) is 0.857. The number of likely N-dealkylation sites (tertiary alicyclic amines) is 1. The van der Waals surface area contributed by atoms with Crippen LogP contribution in [0.2, 0.25) is 0 Å². The van der Waals surface area contributed by atoms with Crippen LogP contribution >= 0.6 is 12.4 Å². The van der Waals surface area contributed by atoms with Gasteiger partial charge in [0.1, 0.15) is 6.04 Å². The van der Waals surface area contributed by atoms with E-state index in [1.54, 1.807) is 12.1 Å². The van der Waals surface area contributed by atoms with E-state index in [0.717, 1.165) is 6.42 Å². The molecule has 0 amide bonds. The number of nitrogens with zero attached hydrogens (tertiary/aromatic N) is 1. The lowest BCUT2D eigenvalue weighted by molar-refractivity contribution is -0.142. The molecule has 0 saturated carbocycles. The number of halogens is 3. The monoisotopic (exact) mass is 369 g/mol. The fourth-order valence-electron chi connectivity index (χ4n) is 2.90. The van der Waals surface area contributed by atoms with Crippen LogP contribution in [0.1, 0.15) is 18.4 Å². The van der Waals surface area contributed by atoms with Crippen molar-refractivity contribution in [2.75, 3.05) is 6.54 Å². The normalized spacial score (nSPS) is 17.1. The second-order valence-electron chi connectivity index (χ2n) is 5.76. The topological polar surface area (TPSA) is 49.8 Å². The lowest BCUT2D eigenvalue weighted by Gasteiger charge is -2.21. The van der Waals surface area contributed by atoms with Crippen molar-refractivity contribution in [3.63, 3.8) is 0 Å². The molecule has 1 N–H and O–H groups in total. The van der Waals surface area contributed by atoms with Gasteiger partial charge < -0.3 is 9.84 Å². The highest BCUT2D eigenvalue weighted by Crippen LogP contribution is 2.28. The van der Waals surface area contributed by atoms with Gasteiger partial charge in [0.05, 0.1) is 0 Å². The molecule has 4 nitrogen and oxygen atoms in total. The number of rotatable bonds is 5. The van der Waals surface area contributed by atoms with Crippen molar-refractivity contribution in [2.24, 2.45) is 0 Å². The summed E-state index contributed by atoms with van der Waals surface area (Å²) in [4.78, 5) is 13.0. The molecule has 3 rings (SSSR count). The Morgan fingerprint density at radius 3 is 2.56 bits per heavy atom. The summed E-state index contributed by atoms with van der Waals surface area (Å²) >= 11 is 0. The van der Waals surface area contributed by atoms with Crippen molar-refractivity contribution < 1.29 is 23.4 Å². The number of ether oxygens (including phenoxy) is 1. The van der Waals surface area contributed by atoms with Crippen LogP contribution in [0, 0.1) is 11.6 Å². The zero-order valence-electron chi connectivity index (χ0n) is 13.3. The van der Waals surface area contributed by atoms with Crippen molar-refractivity contribution in [3.05, 3.63) is 59.7 Å². The Labute approximate surface area is 150 Å². The number of para-hydroxylation sites is 1. The lowest BCUT2D eigenvalue weighted by Crippen LogP contribution is -2.35. The zero-order valence-corrected chi connectivity index (χ0v) is 14.1. The summed E-state index contributed by atoms with van der Waals surface area (Å²) in [6.07, 6.45) is 1.42. The number of hydrogen-bond acceptors (Lipinski definition) is 3. The lowest BCUT2D eigenvalue weighted by atomic mass is 10.1. The third-order valence-corrected chi connectivity index (χ3v) is 4.09. The Bertz CT molecular complexity index is 757. The molecule has 134 valence electrons. The SMILES string of the molecule is Cl.O=C(O)[C@H]1CCCN1Cc1ccc(Oc2ccccc2F)c(F)c1. The standard InChI is InChI=1S/C18H17F2NO3.ClH/c19-13-4-1-2-6-16(13)24-17-8-7-12(10-14(17)20)11-21-9-3-5-15(21)18(22)23;/h1-2,4,6-8,10,15H,3,5,9,11H2,(H,22,23);1H/t15-;/m1./s1. The minimum absolute atomic E-state index is 0. The van der Waals surface area contributed by atoms with E-state index in [1.807, 2.05) is 4.90 Å². The highest BCUT2D eigenvalue weighted by atomic mass is 35.5. The van der Waals surface area contributed by atoms with Crippen LogP contribution in [0.15, 0.2) is 42.5 Å².